The van der Waals surface area contributed by atoms with Crippen molar-refractivity contribution in [3.05, 3.63) is 60.7 Å². The van der Waals surface area contributed by atoms with E-state index in [9.17, 15) is 14.0 Å². The molecule has 2 aromatic carbocycles. The van der Waals surface area contributed by atoms with E-state index in [2.05, 4.69) is 5.10 Å². The molecule has 3 aromatic rings. The van der Waals surface area contributed by atoms with Crippen LogP contribution in [0.1, 0.15) is 19.9 Å². The highest BCUT2D eigenvalue weighted by Crippen LogP contribution is 2.39. The molecule has 0 N–H and O–H groups in total. The van der Waals surface area contributed by atoms with Crippen LogP contribution in [0.25, 0.3) is 11.1 Å². The lowest BCUT2D eigenvalue weighted by Gasteiger charge is -2.40. The zero-order chi connectivity index (χ0) is 23.1. The normalized spacial score (nSPS) is 18.0. The van der Waals surface area contributed by atoms with Gasteiger partial charge in [-0.3, -0.25) is 14.4 Å². The molecule has 2 aliphatic heterocycles. The highest BCUT2D eigenvalue weighted by molar-refractivity contribution is 6.03. The lowest BCUT2D eigenvalue weighted by Crippen LogP contribution is -2.52. The van der Waals surface area contributed by atoms with E-state index < -0.39 is 11.9 Å². The Kier molecular flexibility index (Phi) is 5.33. The number of benzene rings is 2. The summed E-state index contributed by atoms with van der Waals surface area (Å²) in [7, 11) is 0. The summed E-state index contributed by atoms with van der Waals surface area (Å²) in [5.74, 6) is -0.284. The third-order valence-electron chi connectivity index (χ3n) is 5.92. The first kappa shape index (κ1) is 21.1. The fraction of sp³-hybridized carbons (Fsp3) is 0.292. The van der Waals surface area contributed by atoms with Crippen molar-refractivity contribution in [3.63, 3.8) is 0 Å². The van der Waals surface area contributed by atoms with Gasteiger partial charge in [0.15, 0.2) is 0 Å². The third-order valence-corrected chi connectivity index (χ3v) is 5.92. The zero-order valence-electron chi connectivity index (χ0n) is 18.3. The number of nitrogens with zero attached hydrogens (tertiary/aromatic N) is 4. The first-order chi connectivity index (χ1) is 15.9. The average molecular weight is 450 g/mol. The van der Waals surface area contributed by atoms with Crippen LogP contribution in [0.3, 0.4) is 0 Å². The smallest absolute Gasteiger partial charge is 0.410 e. The van der Waals surface area contributed by atoms with Gasteiger partial charge in [-0.15, -0.1) is 0 Å². The van der Waals surface area contributed by atoms with Gasteiger partial charge in [-0.25, -0.2) is 9.18 Å². The van der Waals surface area contributed by atoms with Crippen LogP contribution in [0.2, 0.25) is 0 Å². The van der Waals surface area contributed by atoms with Crippen molar-refractivity contribution in [2.24, 2.45) is 0 Å². The molecule has 0 bridgehead atoms. The molecule has 170 valence electrons. The minimum absolute atomic E-state index is 0.110. The minimum Gasteiger partial charge on any atom is -0.410 e. The Morgan fingerprint density at radius 2 is 1.85 bits per heavy atom. The minimum atomic E-state index is -0.600. The van der Waals surface area contributed by atoms with Crippen LogP contribution in [-0.2, 0) is 9.53 Å². The van der Waals surface area contributed by atoms with Gasteiger partial charge < -0.3 is 14.4 Å². The highest BCUT2D eigenvalue weighted by atomic mass is 19.1. The number of rotatable bonds is 3. The van der Waals surface area contributed by atoms with E-state index in [1.54, 1.807) is 11.1 Å². The Labute approximate surface area is 190 Å². The maximum Gasteiger partial charge on any atom is 0.419 e. The van der Waals surface area contributed by atoms with Crippen LogP contribution in [0.15, 0.2) is 54.9 Å². The first-order valence-corrected chi connectivity index (χ1v) is 10.7. The molecule has 33 heavy (non-hydrogen) atoms. The summed E-state index contributed by atoms with van der Waals surface area (Å²) in [6, 6.07) is 10.9. The number of carbonyl (C=O) groups is 2. The molecule has 0 aliphatic carbocycles. The van der Waals surface area contributed by atoms with Crippen molar-refractivity contribution in [3.8, 4) is 16.9 Å². The van der Waals surface area contributed by atoms with Gasteiger partial charge in [0, 0.05) is 25.2 Å². The van der Waals surface area contributed by atoms with E-state index in [1.807, 2.05) is 36.0 Å². The fourth-order valence-corrected chi connectivity index (χ4v) is 4.18. The number of fused-ring (bicyclic) bond motifs is 1. The van der Waals surface area contributed by atoms with Crippen LogP contribution in [-0.4, -0.2) is 47.6 Å². The summed E-state index contributed by atoms with van der Waals surface area (Å²) in [6.45, 7) is 4.92. The van der Waals surface area contributed by atoms with E-state index in [1.165, 1.54) is 36.1 Å². The van der Waals surface area contributed by atoms with E-state index in [-0.39, 0.29) is 30.3 Å². The number of halogens is 1. The largest absolute Gasteiger partial charge is 0.419 e. The Morgan fingerprint density at radius 1 is 1.09 bits per heavy atom. The van der Waals surface area contributed by atoms with Crippen LogP contribution in [0.5, 0.6) is 5.75 Å². The predicted octanol–water partition coefficient (Wildman–Crippen LogP) is 4.02. The summed E-state index contributed by atoms with van der Waals surface area (Å²) in [4.78, 5) is 28.7. The monoisotopic (exact) mass is 450 g/mol. The van der Waals surface area contributed by atoms with Crippen LogP contribution in [0.4, 0.5) is 20.6 Å². The van der Waals surface area contributed by atoms with Crippen molar-refractivity contribution in [2.45, 2.75) is 25.9 Å². The molecule has 1 saturated heterocycles. The second kappa shape index (κ2) is 8.32. The van der Waals surface area contributed by atoms with Gasteiger partial charge in [-0.05, 0) is 48.9 Å². The number of carbonyl (C=O) groups excluding carboxylic acids is 2. The molecule has 3 heterocycles. The number of ether oxygens (including phenoxy) is 2. The molecule has 2 aliphatic rings. The Hall–Kier alpha value is -3.72. The first-order valence-electron chi connectivity index (χ1n) is 10.7. The fourth-order valence-electron chi connectivity index (χ4n) is 4.18. The van der Waals surface area contributed by atoms with Crippen molar-refractivity contribution < 1.29 is 23.5 Å². The van der Waals surface area contributed by atoms with Gasteiger partial charge >= 0.3 is 6.09 Å². The number of amides is 2. The zero-order valence-corrected chi connectivity index (χ0v) is 18.3. The second-order valence-corrected chi connectivity index (χ2v) is 8.27. The number of aromatic nitrogens is 2. The molecular formula is C24H23FN4O4. The summed E-state index contributed by atoms with van der Waals surface area (Å²) in [5.41, 5.74) is 2.94. The molecule has 5 rings (SSSR count). The van der Waals surface area contributed by atoms with E-state index in [0.29, 0.717) is 24.6 Å². The van der Waals surface area contributed by atoms with Gasteiger partial charge in [0.25, 0.3) is 0 Å². The second-order valence-electron chi connectivity index (χ2n) is 8.27. The number of hydrogen-bond donors (Lipinski definition) is 0. The van der Waals surface area contributed by atoms with Crippen molar-refractivity contribution in [1.82, 2.24) is 9.78 Å². The maximum absolute atomic E-state index is 13.2. The molecule has 8 nitrogen and oxygen atoms in total. The van der Waals surface area contributed by atoms with Gasteiger partial charge in [0.2, 0.25) is 5.91 Å². The van der Waals surface area contributed by atoms with Gasteiger partial charge in [0.1, 0.15) is 11.6 Å². The predicted molar refractivity (Wildman–Crippen MR) is 120 cm³/mol. The molecule has 0 saturated carbocycles. The Bertz CT molecular complexity index is 1210. The van der Waals surface area contributed by atoms with E-state index in [4.69, 9.17) is 9.47 Å². The lowest BCUT2D eigenvalue weighted by atomic mass is 10.0. The Morgan fingerprint density at radius 3 is 2.52 bits per heavy atom. The highest BCUT2D eigenvalue weighted by Gasteiger charge is 2.35. The van der Waals surface area contributed by atoms with Crippen LogP contribution in [0, 0.1) is 5.82 Å². The summed E-state index contributed by atoms with van der Waals surface area (Å²) >= 11 is 0. The van der Waals surface area contributed by atoms with Crippen molar-refractivity contribution in [2.75, 3.05) is 29.6 Å². The lowest BCUT2D eigenvalue weighted by molar-refractivity contribution is -0.117. The van der Waals surface area contributed by atoms with E-state index >= 15 is 0 Å². The molecular weight excluding hydrogens is 427 g/mol. The summed E-state index contributed by atoms with van der Waals surface area (Å²) in [6.07, 6.45) is 3.12. The van der Waals surface area contributed by atoms with Crippen LogP contribution < -0.4 is 14.5 Å². The van der Waals surface area contributed by atoms with Gasteiger partial charge in [-0.1, -0.05) is 6.07 Å². The Balaban J connectivity index is 1.50. The van der Waals surface area contributed by atoms with Crippen molar-refractivity contribution in [1.29, 1.82) is 0 Å². The maximum atomic E-state index is 13.2. The quantitative estimate of drug-likeness (QED) is 0.602. The standard InChI is InChI=1S/C24H23FN4O4/c1-15-11-27(24(31)33-21-6-4-19(25)5-7-21)23-9-17(3-8-22(23)29(15)16(2)30)18-10-26-28(12-18)20-13-32-14-20/h3-10,12,15,20H,11,13-14H2,1-2H3/t15-/m0/s1. The summed E-state index contributed by atoms with van der Waals surface area (Å²) in [5, 5.41) is 4.44. The molecule has 0 radical (unpaired) electrons. The number of anilines is 2. The average Bonchev–Trinajstić information content (AvgIpc) is 3.22. The molecule has 2 amide bonds. The molecule has 9 heteroatoms. The molecule has 1 aromatic heterocycles. The van der Waals surface area contributed by atoms with Crippen LogP contribution >= 0.6 is 0 Å². The molecule has 0 spiro atoms. The van der Waals surface area contributed by atoms with Gasteiger partial charge in [-0.2, -0.15) is 5.10 Å². The molecule has 1 fully saturated rings. The molecule has 1 atom stereocenters. The molecule has 0 unspecified atom stereocenters. The topological polar surface area (TPSA) is 76.9 Å². The number of hydrogen-bond acceptors (Lipinski definition) is 5. The SMILES string of the molecule is CC(=O)N1c2ccc(-c3cnn(C4COC4)c3)cc2N(C(=O)Oc2ccc(F)cc2)C[C@@H]1C. The van der Waals surface area contributed by atoms with E-state index in [0.717, 1.165) is 11.1 Å². The summed E-state index contributed by atoms with van der Waals surface area (Å²) < 4.78 is 25.8. The van der Waals surface area contributed by atoms with Gasteiger partial charge in [0.05, 0.1) is 42.9 Å². The van der Waals surface area contributed by atoms with Crippen molar-refractivity contribution >= 4 is 23.4 Å². The third kappa shape index (κ3) is 3.95.